The van der Waals surface area contributed by atoms with Gasteiger partial charge in [0.15, 0.2) is 0 Å². The molecule has 2 fully saturated rings. The van der Waals surface area contributed by atoms with Crippen molar-refractivity contribution in [1.82, 2.24) is 5.32 Å². The predicted molar refractivity (Wildman–Crippen MR) is 74.7 cm³/mol. The van der Waals surface area contributed by atoms with Gasteiger partial charge in [-0.25, -0.2) is 0 Å². The van der Waals surface area contributed by atoms with Crippen LogP contribution in [0, 0.1) is 5.92 Å². The van der Waals surface area contributed by atoms with Crippen molar-refractivity contribution in [2.75, 3.05) is 12.3 Å². The van der Waals surface area contributed by atoms with E-state index in [1.54, 1.807) is 0 Å². The fourth-order valence-electron chi connectivity index (χ4n) is 3.50. The van der Waals surface area contributed by atoms with Crippen molar-refractivity contribution >= 4 is 10.8 Å². The Morgan fingerprint density at radius 3 is 2.59 bits per heavy atom. The predicted octanol–water partition coefficient (Wildman–Crippen LogP) is 2.85. The first kappa shape index (κ1) is 13.5. The number of rotatable bonds is 6. The molecule has 3 atom stereocenters. The SMILES string of the molecule is CCNC1CCCC1CCS(=O)C1CCCC1. The van der Waals surface area contributed by atoms with E-state index in [1.807, 2.05) is 0 Å². The van der Waals surface area contributed by atoms with Crippen molar-refractivity contribution in [2.45, 2.75) is 69.6 Å². The minimum atomic E-state index is -0.538. The summed E-state index contributed by atoms with van der Waals surface area (Å²) in [7, 11) is -0.538. The van der Waals surface area contributed by atoms with Crippen LogP contribution in [0.5, 0.6) is 0 Å². The molecule has 2 aliphatic carbocycles. The first-order chi connectivity index (χ1) is 8.31. The van der Waals surface area contributed by atoms with E-state index in [0.717, 1.165) is 18.2 Å². The lowest BCUT2D eigenvalue weighted by atomic mass is 10.0. The van der Waals surface area contributed by atoms with E-state index >= 15 is 0 Å². The summed E-state index contributed by atoms with van der Waals surface area (Å²) in [5, 5.41) is 4.12. The Kier molecular flexibility index (Phi) is 5.49. The van der Waals surface area contributed by atoms with Gasteiger partial charge in [0, 0.05) is 27.8 Å². The largest absolute Gasteiger partial charge is 0.314 e. The van der Waals surface area contributed by atoms with Gasteiger partial charge in [-0.15, -0.1) is 0 Å². The fraction of sp³-hybridized carbons (Fsp3) is 1.00. The van der Waals surface area contributed by atoms with Crippen molar-refractivity contribution in [1.29, 1.82) is 0 Å². The van der Waals surface area contributed by atoms with E-state index in [9.17, 15) is 4.21 Å². The molecular formula is C14H27NOS. The third-order valence-electron chi connectivity index (χ3n) is 4.49. The lowest BCUT2D eigenvalue weighted by Gasteiger charge is -2.20. The first-order valence-corrected chi connectivity index (χ1v) is 8.80. The van der Waals surface area contributed by atoms with E-state index in [2.05, 4.69) is 12.2 Å². The van der Waals surface area contributed by atoms with Crippen molar-refractivity contribution in [3.63, 3.8) is 0 Å². The van der Waals surface area contributed by atoms with Gasteiger partial charge in [-0.3, -0.25) is 4.21 Å². The number of hydrogen-bond acceptors (Lipinski definition) is 2. The second kappa shape index (κ2) is 6.89. The van der Waals surface area contributed by atoms with E-state index < -0.39 is 10.8 Å². The summed E-state index contributed by atoms with van der Waals surface area (Å²) in [4.78, 5) is 0. The van der Waals surface area contributed by atoms with Crippen LogP contribution >= 0.6 is 0 Å². The van der Waals surface area contributed by atoms with Gasteiger partial charge in [0.25, 0.3) is 0 Å². The Bertz CT molecular complexity index is 251. The van der Waals surface area contributed by atoms with Gasteiger partial charge in [0.1, 0.15) is 0 Å². The van der Waals surface area contributed by atoms with E-state index in [1.165, 1.54) is 51.4 Å². The maximum absolute atomic E-state index is 12.2. The molecule has 0 radical (unpaired) electrons. The van der Waals surface area contributed by atoms with Crippen LogP contribution in [-0.2, 0) is 10.8 Å². The van der Waals surface area contributed by atoms with E-state index in [4.69, 9.17) is 0 Å². The molecule has 0 aromatic heterocycles. The fourth-order valence-corrected chi connectivity index (χ4v) is 5.23. The molecule has 3 heteroatoms. The molecule has 100 valence electrons. The molecule has 0 aromatic carbocycles. The van der Waals surface area contributed by atoms with E-state index in [-0.39, 0.29) is 0 Å². The molecule has 2 aliphatic rings. The smallest absolute Gasteiger partial charge is 0.0348 e. The molecule has 0 aliphatic heterocycles. The summed E-state index contributed by atoms with van der Waals surface area (Å²) >= 11 is 0. The first-order valence-electron chi connectivity index (χ1n) is 7.41. The monoisotopic (exact) mass is 257 g/mol. The number of hydrogen-bond donors (Lipinski definition) is 1. The van der Waals surface area contributed by atoms with E-state index in [0.29, 0.717) is 11.3 Å². The summed E-state index contributed by atoms with van der Waals surface area (Å²) in [6.07, 6.45) is 10.3. The lowest BCUT2D eigenvalue weighted by Crippen LogP contribution is -2.33. The highest BCUT2D eigenvalue weighted by atomic mass is 32.2. The van der Waals surface area contributed by atoms with Crippen molar-refractivity contribution in [3.8, 4) is 0 Å². The molecule has 0 heterocycles. The van der Waals surface area contributed by atoms with Crippen LogP contribution in [0.25, 0.3) is 0 Å². The summed E-state index contributed by atoms with van der Waals surface area (Å²) in [5.41, 5.74) is 0. The third kappa shape index (κ3) is 3.78. The zero-order valence-electron chi connectivity index (χ0n) is 11.1. The molecule has 0 spiro atoms. The quantitative estimate of drug-likeness (QED) is 0.793. The molecule has 2 nitrogen and oxygen atoms in total. The van der Waals surface area contributed by atoms with Gasteiger partial charge >= 0.3 is 0 Å². The van der Waals surface area contributed by atoms with Crippen LogP contribution in [0.15, 0.2) is 0 Å². The van der Waals surface area contributed by atoms with Gasteiger partial charge in [0.05, 0.1) is 0 Å². The Balaban J connectivity index is 1.71. The molecule has 0 amide bonds. The molecule has 1 N–H and O–H groups in total. The Labute approximate surface area is 108 Å². The van der Waals surface area contributed by atoms with Crippen molar-refractivity contribution < 1.29 is 4.21 Å². The van der Waals surface area contributed by atoms with Gasteiger partial charge in [-0.1, -0.05) is 26.2 Å². The van der Waals surface area contributed by atoms with Crippen LogP contribution < -0.4 is 5.32 Å². The topological polar surface area (TPSA) is 29.1 Å². The van der Waals surface area contributed by atoms with Crippen LogP contribution in [0.2, 0.25) is 0 Å². The maximum Gasteiger partial charge on any atom is 0.0348 e. The number of nitrogens with one attached hydrogen (secondary N) is 1. The second-order valence-corrected chi connectivity index (χ2v) is 7.47. The van der Waals surface area contributed by atoms with Gasteiger partial charge in [0.2, 0.25) is 0 Å². The Morgan fingerprint density at radius 1 is 1.12 bits per heavy atom. The minimum absolute atomic E-state index is 0.536. The molecule has 2 rings (SSSR count). The molecular weight excluding hydrogens is 230 g/mol. The highest BCUT2D eigenvalue weighted by molar-refractivity contribution is 7.85. The average Bonchev–Trinajstić information content (AvgIpc) is 2.97. The molecule has 2 saturated carbocycles. The zero-order valence-corrected chi connectivity index (χ0v) is 11.9. The minimum Gasteiger partial charge on any atom is -0.314 e. The van der Waals surface area contributed by atoms with Crippen LogP contribution in [0.4, 0.5) is 0 Å². The average molecular weight is 257 g/mol. The Morgan fingerprint density at radius 2 is 1.88 bits per heavy atom. The van der Waals surface area contributed by atoms with Crippen LogP contribution in [-0.4, -0.2) is 27.8 Å². The van der Waals surface area contributed by atoms with Crippen molar-refractivity contribution in [2.24, 2.45) is 5.92 Å². The summed E-state index contributed by atoms with van der Waals surface area (Å²) in [6.45, 7) is 3.26. The van der Waals surface area contributed by atoms with Gasteiger partial charge in [-0.05, 0) is 44.6 Å². The standard InChI is InChI=1S/C14H27NOS/c1-2-15-14-9-5-6-12(14)10-11-17(16)13-7-3-4-8-13/h12-15H,2-11H2,1H3. The Hall–Kier alpha value is 0.110. The maximum atomic E-state index is 12.2. The highest BCUT2D eigenvalue weighted by Gasteiger charge is 2.28. The molecule has 0 saturated heterocycles. The summed E-state index contributed by atoms with van der Waals surface area (Å²) in [5.74, 6) is 1.75. The normalized spacial score (nSPS) is 32.1. The molecule has 0 aromatic rings. The summed E-state index contributed by atoms with van der Waals surface area (Å²) < 4.78 is 12.2. The molecule has 17 heavy (non-hydrogen) atoms. The second-order valence-electron chi connectivity index (χ2n) is 5.64. The van der Waals surface area contributed by atoms with Crippen LogP contribution in [0.1, 0.15) is 58.3 Å². The molecule has 0 bridgehead atoms. The third-order valence-corrected chi connectivity index (χ3v) is 6.34. The van der Waals surface area contributed by atoms with Crippen molar-refractivity contribution in [3.05, 3.63) is 0 Å². The lowest BCUT2D eigenvalue weighted by molar-refractivity contribution is 0.399. The van der Waals surface area contributed by atoms with Gasteiger partial charge < -0.3 is 5.32 Å². The van der Waals surface area contributed by atoms with Gasteiger partial charge in [-0.2, -0.15) is 0 Å². The molecule has 3 unspecified atom stereocenters. The van der Waals surface area contributed by atoms with Crippen LogP contribution in [0.3, 0.4) is 0 Å². The summed E-state index contributed by atoms with van der Waals surface area (Å²) in [6, 6.07) is 0.709. The highest BCUT2D eigenvalue weighted by Crippen LogP contribution is 2.30. The zero-order chi connectivity index (χ0) is 12.1.